The molecule has 28 heavy (non-hydrogen) atoms. The maximum atomic E-state index is 13.2. The SMILES string of the molecule is C=CCn1c(COc2ccc(F)cc2Cl)nnc1SCc1c(Cl)cccc1Cl. The molecule has 146 valence electrons. The lowest BCUT2D eigenvalue weighted by molar-refractivity contribution is 0.289. The van der Waals surface area contributed by atoms with E-state index in [4.69, 9.17) is 39.5 Å². The first-order chi connectivity index (χ1) is 13.5. The zero-order valence-corrected chi connectivity index (χ0v) is 17.6. The van der Waals surface area contributed by atoms with Gasteiger partial charge in [0.15, 0.2) is 11.0 Å². The van der Waals surface area contributed by atoms with E-state index in [9.17, 15) is 4.39 Å². The summed E-state index contributed by atoms with van der Waals surface area (Å²) in [4.78, 5) is 0. The molecule has 0 atom stereocenters. The van der Waals surface area contributed by atoms with Crippen LogP contribution in [0.25, 0.3) is 0 Å². The summed E-state index contributed by atoms with van der Waals surface area (Å²) in [5.74, 6) is 1.07. The van der Waals surface area contributed by atoms with Crippen molar-refractivity contribution in [3.05, 3.63) is 81.3 Å². The smallest absolute Gasteiger partial charge is 0.191 e. The quantitative estimate of drug-likeness (QED) is 0.288. The first kappa shape index (κ1) is 21.0. The molecular weight excluding hydrogens is 444 g/mol. The molecule has 1 aromatic heterocycles. The van der Waals surface area contributed by atoms with E-state index < -0.39 is 5.82 Å². The number of hydrogen-bond donors (Lipinski definition) is 0. The lowest BCUT2D eigenvalue weighted by Crippen LogP contribution is -2.07. The fourth-order valence-corrected chi connectivity index (χ4v) is 4.32. The lowest BCUT2D eigenvalue weighted by Gasteiger charge is -2.11. The second-order valence-corrected chi connectivity index (χ2v) is 7.81. The van der Waals surface area contributed by atoms with Crippen LogP contribution in [0.2, 0.25) is 15.1 Å². The van der Waals surface area contributed by atoms with Crippen LogP contribution < -0.4 is 4.74 Å². The molecule has 0 spiro atoms. The number of rotatable bonds is 8. The molecule has 9 heteroatoms. The van der Waals surface area contributed by atoms with Gasteiger partial charge in [-0.2, -0.15) is 0 Å². The van der Waals surface area contributed by atoms with Gasteiger partial charge < -0.3 is 4.74 Å². The first-order valence-corrected chi connectivity index (χ1v) is 10.3. The van der Waals surface area contributed by atoms with Gasteiger partial charge in [-0.05, 0) is 35.9 Å². The molecule has 0 aliphatic carbocycles. The number of allylic oxidation sites excluding steroid dienone is 1. The molecule has 0 N–H and O–H groups in total. The summed E-state index contributed by atoms with van der Waals surface area (Å²) in [6.07, 6.45) is 1.74. The van der Waals surface area contributed by atoms with Crippen LogP contribution >= 0.6 is 46.6 Å². The van der Waals surface area contributed by atoms with Crippen molar-refractivity contribution in [1.29, 1.82) is 0 Å². The highest BCUT2D eigenvalue weighted by Crippen LogP contribution is 2.31. The summed E-state index contributed by atoms with van der Waals surface area (Å²) in [7, 11) is 0. The topological polar surface area (TPSA) is 39.9 Å². The van der Waals surface area contributed by atoms with Crippen molar-refractivity contribution in [2.45, 2.75) is 24.1 Å². The molecular formula is C19H15Cl3FN3OS. The van der Waals surface area contributed by atoms with E-state index in [0.29, 0.717) is 39.1 Å². The average molecular weight is 459 g/mol. The van der Waals surface area contributed by atoms with Crippen molar-refractivity contribution in [2.24, 2.45) is 0 Å². The normalized spacial score (nSPS) is 10.9. The van der Waals surface area contributed by atoms with Gasteiger partial charge in [0, 0.05) is 22.3 Å². The Balaban J connectivity index is 1.75. The molecule has 0 aliphatic heterocycles. The maximum absolute atomic E-state index is 13.2. The van der Waals surface area contributed by atoms with Crippen LogP contribution in [0, 0.1) is 5.82 Å². The Hall–Kier alpha value is -1.73. The van der Waals surface area contributed by atoms with Crippen molar-refractivity contribution in [1.82, 2.24) is 14.8 Å². The molecule has 0 saturated heterocycles. The molecule has 4 nitrogen and oxygen atoms in total. The van der Waals surface area contributed by atoms with E-state index in [1.807, 2.05) is 4.57 Å². The average Bonchev–Trinajstić information content (AvgIpc) is 3.03. The summed E-state index contributed by atoms with van der Waals surface area (Å²) in [5, 5.41) is 10.5. The summed E-state index contributed by atoms with van der Waals surface area (Å²) in [5.41, 5.74) is 0.833. The Morgan fingerprint density at radius 2 is 1.86 bits per heavy atom. The predicted octanol–water partition coefficient (Wildman–Crippen LogP) is 6.43. The van der Waals surface area contributed by atoms with Crippen LogP contribution in [0.4, 0.5) is 4.39 Å². The van der Waals surface area contributed by atoms with Gasteiger partial charge in [0.25, 0.3) is 0 Å². The minimum absolute atomic E-state index is 0.125. The van der Waals surface area contributed by atoms with Gasteiger partial charge in [-0.1, -0.05) is 58.7 Å². The fraction of sp³-hybridized carbons (Fsp3) is 0.158. The van der Waals surface area contributed by atoms with Crippen molar-refractivity contribution in [2.75, 3.05) is 0 Å². The lowest BCUT2D eigenvalue weighted by atomic mass is 10.2. The molecule has 3 aromatic rings. The predicted molar refractivity (Wildman–Crippen MR) is 112 cm³/mol. The van der Waals surface area contributed by atoms with Crippen LogP contribution in [0.1, 0.15) is 11.4 Å². The van der Waals surface area contributed by atoms with Crippen LogP contribution in [0.5, 0.6) is 5.75 Å². The highest BCUT2D eigenvalue weighted by atomic mass is 35.5. The number of ether oxygens (including phenoxy) is 1. The van der Waals surface area contributed by atoms with Crippen molar-refractivity contribution < 1.29 is 9.13 Å². The summed E-state index contributed by atoms with van der Waals surface area (Å²) in [6.45, 7) is 4.40. The maximum Gasteiger partial charge on any atom is 0.191 e. The molecule has 0 saturated carbocycles. The van der Waals surface area contributed by atoms with Gasteiger partial charge >= 0.3 is 0 Å². The van der Waals surface area contributed by atoms with Gasteiger partial charge in [-0.3, -0.25) is 4.57 Å². The Morgan fingerprint density at radius 3 is 2.54 bits per heavy atom. The highest BCUT2D eigenvalue weighted by Gasteiger charge is 2.15. The number of benzene rings is 2. The van der Waals surface area contributed by atoms with Crippen molar-refractivity contribution >= 4 is 46.6 Å². The van der Waals surface area contributed by atoms with E-state index in [2.05, 4.69) is 16.8 Å². The summed E-state index contributed by atoms with van der Waals surface area (Å²) >= 11 is 19.9. The van der Waals surface area contributed by atoms with Crippen LogP contribution in [0.3, 0.4) is 0 Å². The summed E-state index contributed by atoms with van der Waals surface area (Å²) in [6, 6.07) is 9.34. The number of halogens is 4. The fourth-order valence-electron chi connectivity index (χ4n) is 2.39. The second kappa shape index (κ2) is 9.65. The van der Waals surface area contributed by atoms with Gasteiger partial charge in [0.1, 0.15) is 18.2 Å². The zero-order chi connectivity index (χ0) is 20.1. The van der Waals surface area contributed by atoms with Crippen LogP contribution in [-0.2, 0) is 18.9 Å². The van der Waals surface area contributed by atoms with E-state index in [-0.39, 0.29) is 11.6 Å². The molecule has 0 fully saturated rings. The van der Waals surface area contributed by atoms with Crippen molar-refractivity contribution in [3.63, 3.8) is 0 Å². The van der Waals surface area contributed by atoms with Gasteiger partial charge in [0.05, 0.1) is 5.02 Å². The largest absolute Gasteiger partial charge is 0.484 e. The van der Waals surface area contributed by atoms with Gasteiger partial charge in [-0.25, -0.2) is 4.39 Å². The standard InChI is InChI=1S/C19H15Cl3FN3OS/c1-2-8-26-18(10-27-17-7-6-12(23)9-16(17)22)24-25-19(26)28-11-13-14(20)4-3-5-15(13)21/h2-7,9H,1,8,10-11H2. The Kier molecular flexibility index (Phi) is 7.24. The van der Waals surface area contributed by atoms with Crippen molar-refractivity contribution in [3.8, 4) is 5.75 Å². The molecule has 0 aliphatic rings. The number of nitrogens with zero attached hydrogens (tertiary/aromatic N) is 3. The van der Waals surface area contributed by atoms with E-state index in [1.54, 1.807) is 24.3 Å². The Morgan fingerprint density at radius 1 is 1.11 bits per heavy atom. The number of aromatic nitrogens is 3. The molecule has 1 heterocycles. The number of thioether (sulfide) groups is 1. The monoisotopic (exact) mass is 457 g/mol. The minimum Gasteiger partial charge on any atom is -0.484 e. The highest BCUT2D eigenvalue weighted by molar-refractivity contribution is 7.98. The zero-order valence-electron chi connectivity index (χ0n) is 14.5. The molecule has 2 aromatic carbocycles. The van der Waals surface area contributed by atoms with Crippen LogP contribution in [-0.4, -0.2) is 14.8 Å². The molecule has 3 rings (SSSR count). The summed E-state index contributed by atoms with van der Waals surface area (Å²) < 4.78 is 20.7. The first-order valence-electron chi connectivity index (χ1n) is 8.16. The minimum atomic E-state index is -0.427. The third kappa shape index (κ3) is 5.00. The van der Waals surface area contributed by atoms with E-state index in [0.717, 1.165) is 5.56 Å². The molecule has 0 bridgehead atoms. The second-order valence-electron chi connectivity index (χ2n) is 5.65. The van der Waals surface area contributed by atoms with Gasteiger partial charge in [0.2, 0.25) is 0 Å². The van der Waals surface area contributed by atoms with Crippen LogP contribution in [0.15, 0.2) is 54.2 Å². The van der Waals surface area contributed by atoms with E-state index >= 15 is 0 Å². The van der Waals surface area contributed by atoms with Gasteiger partial charge in [-0.15, -0.1) is 16.8 Å². The number of hydrogen-bond acceptors (Lipinski definition) is 4. The third-order valence-electron chi connectivity index (χ3n) is 3.76. The molecule has 0 unspecified atom stereocenters. The third-order valence-corrected chi connectivity index (χ3v) is 5.76. The Labute approximate surface area is 181 Å². The Bertz CT molecular complexity index is 976. The molecule has 0 radical (unpaired) electrons. The van der Waals surface area contributed by atoms with E-state index in [1.165, 1.54) is 30.0 Å². The molecule has 0 amide bonds.